The third kappa shape index (κ3) is 2.12. The summed E-state index contributed by atoms with van der Waals surface area (Å²) in [6, 6.07) is -2.76. The number of nitrogens with two attached hydrogens (primary N) is 1. The second-order valence-corrected chi connectivity index (χ2v) is 4.54. The van der Waals surface area contributed by atoms with Crippen molar-refractivity contribution in [3.05, 3.63) is 34.3 Å². The van der Waals surface area contributed by atoms with Crippen molar-refractivity contribution in [3.63, 3.8) is 0 Å². The summed E-state index contributed by atoms with van der Waals surface area (Å²) in [6.45, 7) is -1.98. The minimum Gasteiger partial charge on any atom is -0.398 e. The number of aromatic nitrogens is 2. The van der Waals surface area contributed by atoms with E-state index in [2.05, 4.69) is 4.98 Å². The molecule has 1 atom stereocenters. The molecule has 3 rings (SSSR count). The number of rotatable bonds is 1. The van der Waals surface area contributed by atoms with Crippen LogP contribution in [0.1, 0.15) is 40.7 Å². The molecule has 0 bridgehead atoms. The Morgan fingerprint density at radius 3 is 3.10 bits per heavy atom. The van der Waals surface area contributed by atoms with Crippen LogP contribution in [0.5, 0.6) is 0 Å². The summed E-state index contributed by atoms with van der Waals surface area (Å²) in [7, 11) is 0. The van der Waals surface area contributed by atoms with E-state index in [9.17, 15) is 14.4 Å². The maximum absolute atomic E-state index is 13.2. The Balaban J connectivity index is 2.51. The van der Waals surface area contributed by atoms with Crippen LogP contribution in [0.2, 0.25) is 0 Å². The molecule has 0 saturated heterocycles. The highest BCUT2D eigenvalue weighted by molar-refractivity contribution is 6.03. The number of ketones is 2. The number of fused-ring (bicyclic) bond motifs is 1. The third-order valence-electron chi connectivity index (χ3n) is 3.12. The number of anilines is 1. The second kappa shape index (κ2) is 4.80. The van der Waals surface area contributed by atoms with Gasteiger partial charge in [-0.05, 0) is 25.4 Å². The minimum absolute atomic E-state index is 0.206. The zero-order chi connectivity index (χ0) is 21.2. The van der Waals surface area contributed by atoms with Crippen LogP contribution in [0.3, 0.4) is 0 Å². The summed E-state index contributed by atoms with van der Waals surface area (Å²) in [5, 5.41) is -0.419. The summed E-state index contributed by atoms with van der Waals surface area (Å²) >= 11 is 0. The van der Waals surface area contributed by atoms with Crippen molar-refractivity contribution in [2.45, 2.75) is 32.1 Å². The number of carbonyl (C=O) groups is 2. The number of carbonyl (C=O) groups excluding carboxylic acids is 2. The second-order valence-electron chi connectivity index (χ2n) is 4.54. The molecule has 1 saturated carbocycles. The topological polar surface area (TPSA) is 95.0 Å². The van der Waals surface area contributed by atoms with E-state index in [1.807, 2.05) is 0 Å². The van der Waals surface area contributed by atoms with Crippen LogP contribution in [0, 0.1) is 6.88 Å². The maximum Gasteiger partial charge on any atom is 0.264 e. The SMILES string of the molecule is [2H]c1cc2nc(C([2H])[2H])n(C3([2H])C(=O)CC(=O)CC3([2H])[2H])c(=O)c2c(N)c1[2H]. The number of aryl methyl sites for hydroxylation is 1. The first kappa shape index (κ1) is 7.49. The fourth-order valence-corrected chi connectivity index (χ4v) is 2.18. The molecule has 1 aliphatic carbocycles. The molecule has 0 aliphatic heterocycles. The molecule has 1 heterocycles. The lowest BCUT2D eigenvalue weighted by Gasteiger charge is -2.24. The van der Waals surface area contributed by atoms with Crippen LogP contribution >= 0.6 is 0 Å². The Labute approximate surface area is 130 Å². The van der Waals surface area contributed by atoms with Crippen molar-refractivity contribution >= 4 is 28.2 Å². The first-order valence-electron chi connectivity index (χ1n) is 9.70. The summed E-state index contributed by atoms with van der Waals surface area (Å²) in [4.78, 5) is 41.3. The van der Waals surface area contributed by atoms with Gasteiger partial charge in [0.1, 0.15) is 11.6 Å². The lowest BCUT2D eigenvalue weighted by Crippen LogP contribution is -2.36. The highest BCUT2D eigenvalue weighted by Crippen LogP contribution is 2.24. The molecule has 1 aromatic carbocycles. The summed E-state index contributed by atoms with van der Waals surface area (Å²) in [6.07, 6.45) is -4.40. The van der Waals surface area contributed by atoms with Gasteiger partial charge in [0.25, 0.3) is 5.56 Å². The highest BCUT2D eigenvalue weighted by atomic mass is 16.2. The fraction of sp³-hybridized carbons (Fsp3) is 0.333. The zero-order valence-corrected chi connectivity index (χ0v) is 10.8. The molecule has 0 radical (unpaired) electrons. The molecule has 1 unspecified atom stereocenters. The summed E-state index contributed by atoms with van der Waals surface area (Å²) < 4.78 is 55.8. The molecular formula is C15H15N3O3. The van der Waals surface area contributed by atoms with Gasteiger partial charge >= 0.3 is 0 Å². The number of nitrogens with zero attached hydrogens (tertiary/aromatic N) is 2. The van der Waals surface area contributed by atoms with Gasteiger partial charge in [-0.15, -0.1) is 0 Å². The van der Waals surface area contributed by atoms with Gasteiger partial charge < -0.3 is 5.73 Å². The molecule has 0 amide bonds. The largest absolute Gasteiger partial charge is 0.398 e. The number of Topliss-reactive ketones (excluding diaryl/α,β-unsaturated/α-hetero) is 2. The number of nitrogen functional groups attached to an aromatic ring is 1. The van der Waals surface area contributed by atoms with E-state index in [-0.39, 0.29) is 11.6 Å². The predicted molar refractivity (Wildman–Crippen MR) is 78.1 cm³/mol. The lowest BCUT2D eigenvalue weighted by molar-refractivity contribution is -0.132. The van der Waals surface area contributed by atoms with Gasteiger partial charge in [-0.1, -0.05) is 6.04 Å². The van der Waals surface area contributed by atoms with E-state index in [0.717, 1.165) is 6.07 Å². The van der Waals surface area contributed by atoms with Crippen LogP contribution < -0.4 is 11.3 Å². The Hall–Kier alpha value is -2.50. The van der Waals surface area contributed by atoms with Gasteiger partial charge in [-0.3, -0.25) is 19.0 Å². The van der Waals surface area contributed by atoms with Crippen molar-refractivity contribution in [3.8, 4) is 0 Å². The van der Waals surface area contributed by atoms with Crippen LogP contribution in [-0.4, -0.2) is 21.1 Å². The van der Waals surface area contributed by atoms with E-state index in [0.29, 0.717) is 4.57 Å². The Bertz CT molecular complexity index is 1100. The monoisotopic (exact) mass is 292 g/mol. The van der Waals surface area contributed by atoms with Gasteiger partial charge in [0.05, 0.1) is 27.5 Å². The van der Waals surface area contributed by atoms with Crippen molar-refractivity contribution in [1.29, 1.82) is 0 Å². The first-order valence-corrected chi connectivity index (χ1v) is 6.05. The van der Waals surface area contributed by atoms with Crippen molar-refractivity contribution in [2.75, 3.05) is 5.73 Å². The molecule has 2 N–H and O–H groups in total. The van der Waals surface area contributed by atoms with Crippen LogP contribution in [0.15, 0.2) is 22.9 Å². The Kier molecular flexibility index (Phi) is 1.71. The molecule has 2 aromatic rings. The zero-order valence-electron chi connectivity index (χ0n) is 17.8. The number of benzene rings is 1. The molecule has 0 spiro atoms. The first-order chi connectivity index (χ1) is 12.8. The van der Waals surface area contributed by atoms with E-state index >= 15 is 0 Å². The molecule has 1 aromatic heterocycles. The van der Waals surface area contributed by atoms with E-state index in [1.54, 1.807) is 0 Å². The van der Waals surface area contributed by atoms with Gasteiger partial charge in [-0.2, -0.15) is 0 Å². The third-order valence-corrected chi connectivity index (χ3v) is 3.12. The van der Waals surface area contributed by atoms with E-state index < -0.39 is 72.2 Å². The normalized spacial score (nSPS) is 30.0. The van der Waals surface area contributed by atoms with E-state index in [1.165, 1.54) is 0 Å². The minimum atomic E-state index is -2.94. The van der Waals surface area contributed by atoms with Crippen molar-refractivity contribution in [2.24, 2.45) is 0 Å². The van der Waals surface area contributed by atoms with Crippen LogP contribution in [-0.2, 0) is 9.59 Å². The molecule has 6 nitrogen and oxygen atoms in total. The molecule has 108 valence electrons. The summed E-state index contributed by atoms with van der Waals surface area (Å²) in [5.41, 5.74) is 3.93. The van der Waals surface area contributed by atoms with Crippen LogP contribution in [0.25, 0.3) is 10.9 Å². The molecular weight excluding hydrogens is 270 g/mol. The molecule has 1 fully saturated rings. The predicted octanol–water partition coefficient (Wildman–Crippen LogP) is 1.15. The van der Waals surface area contributed by atoms with Gasteiger partial charge in [0.15, 0.2) is 5.78 Å². The van der Waals surface area contributed by atoms with Crippen LogP contribution in [0.4, 0.5) is 5.69 Å². The quantitative estimate of drug-likeness (QED) is 0.628. The standard InChI is InChI=1S/C15H15N3O3/c1-8-17-11-4-2-3-10(16)14(11)15(21)18(8)12-6-5-9(19)7-13(12)20/h2-4,12H,5-7,16H2,1H3/i1D2,2D,3D,6D2,12D. The average molecular weight is 292 g/mol. The summed E-state index contributed by atoms with van der Waals surface area (Å²) in [5.74, 6) is -2.64. The lowest BCUT2D eigenvalue weighted by atomic mass is 9.92. The average Bonchev–Trinajstić information content (AvgIpc) is 2.56. The van der Waals surface area contributed by atoms with E-state index in [4.69, 9.17) is 15.3 Å². The van der Waals surface area contributed by atoms with Crippen molar-refractivity contribution < 1.29 is 19.2 Å². The molecule has 6 heteroatoms. The molecule has 21 heavy (non-hydrogen) atoms. The Morgan fingerprint density at radius 1 is 1.57 bits per heavy atom. The van der Waals surface area contributed by atoms with Gasteiger partial charge in [0.2, 0.25) is 0 Å². The van der Waals surface area contributed by atoms with Gasteiger partial charge in [0, 0.05) is 17.6 Å². The highest BCUT2D eigenvalue weighted by Gasteiger charge is 2.30. The van der Waals surface area contributed by atoms with Crippen molar-refractivity contribution in [1.82, 2.24) is 9.55 Å². The Morgan fingerprint density at radius 2 is 2.38 bits per heavy atom. The smallest absolute Gasteiger partial charge is 0.264 e. The molecule has 1 aliphatic rings. The maximum atomic E-state index is 13.2. The number of hydrogen-bond donors (Lipinski definition) is 1. The van der Waals surface area contributed by atoms with Gasteiger partial charge in [-0.25, -0.2) is 4.98 Å². The fourth-order valence-electron chi connectivity index (χ4n) is 2.18. The number of hydrogen-bond acceptors (Lipinski definition) is 5.